The van der Waals surface area contributed by atoms with Crippen molar-refractivity contribution in [3.05, 3.63) is 27.3 Å². The second kappa shape index (κ2) is 6.56. The third-order valence-electron chi connectivity index (χ3n) is 3.06. The summed E-state index contributed by atoms with van der Waals surface area (Å²) in [4.78, 5) is 11.7. The lowest BCUT2D eigenvalue weighted by Crippen LogP contribution is -2.30. The van der Waals surface area contributed by atoms with E-state index in [9.17, 15) is 4.79 Å². The van der Waals surface area contributed by atoms with Crippen LogP contribution in [0.15, 0.2) is 18.2 Å². The summed E-state index contributed by atoms with van der Waals surface area (Å²) in [6.07, 6.45) is 0.496. The number of carbonyl (C=O) groups excluding carboxylic acids is 1. The number of hydrogen-bond donors (Lipinski definition) is 1. The van der Waals surface area contributed by atoms with Crippen LogP contribution in [0.5, 0.6) is 5.75 Å². The third kappa shape index (κ3) is 4.07. The zero-order valence-electron chi connectivity index (χ0n) is 11.7. The molecule has 0 aliphatic carbocycles. The molecule has 0 radical (unpaired) electrons. The molecule has 1 rings (SSSR count). The molecule has 1 aromatic rings. The number of nitrogens with two attached hydrogens (primary N) is 1. The van der Waals surface area contributed by atoms with Gasteiger partial charge in [-0.1, -0.05) is 0 Å². The number of ether oxygens (including phenoxy) is 2. The Balaban J connectivity index is 2.98. The summed E-state index contributed by atoms with van der Waals surface area (Å²) >= 11 is 2.23. The van der Waals surface area contributed by atoms with E-state index in [4.69, 9.17) is 15.2 Å². The summed E-state index contributed by atoms with van der Waals surface area (Å²) in [5, 5.41) is 0. The minimum absolute atomic E-state index is 0.257. The molecule has 0 saturated heterocycles. The van der Waals surface area contributed by atoms with Crippen LogP contribution in [-0.4, -0.2) is 20.2 Å². The Bertz CT molecular complexity index is 460. The molecule has 4 nitrogen and oxygen atoms in total. The van der Waals surface area contributed by atoms with E-state index >= 15 is 0 Å². The highest BCUT2D eigenvalue weighted by Gasteiger charge is 2.32. The van der Waals surface area contributed by atoms with Crippen LogP contribution in [0.25, 0.3) is 0 Å². The molecule has 1 unspecified atom stereocenters. The maximum Gasteiger partial charge on any atom is 0.311 e. The molecule has 0 bridgehead atoms. The zero-order chi connectivity index (χ0) is 14.6. The van der Waals surface area contributed by atoms with Gasteiger partial charge in [-0.15, -0.1) is 0 Å². The summed E-state index contributed by atoms with van der Waals surface area (Å²) in [6.45, 7) is 3.66. The maximum absolute atomic E-state index is 11.7. The van der Waals surface area contributed by atoms with Crippen molar-refractivity contribution in [2.45, 2.75) is 26.3 Å². The summed E-state index contributed by atoms with van der Waals surface area (Å²) in [5.74, 6) is 0.487. The van der Waals surface area contributed by atoms with Gasteiger partial charge in [-0.3, -0.25) is 4.79 Å². The number of halogens is 1. The molecule has 0 aromatic heterocycles. The summed E-state index contributed by atoms with van der Waals surface area (Å²) < 4.78 is 11.2. The van der Waals surface area contributed by atoms with Gasteiger partial charge in [-0.2, -0.15) is 0 Å². The predicted molar refractivity (Wildman–Crippen MR) is 83.1 cm³/mol. The highest BCUT2D eigenvalue weighted by Crippen LogP contribution is 2.34. The molecule has 19 heavy (non-hydrogen) atoms. The van der Waals surface area contributed by atoms with Crippen molar-refractivity contribution in [3.8, 4) is 5.75 Å². The number of rotatable bonds is 5. The molecule has 5 heteroatoms. The Morgan fingerprint density at radius 3 is 2.58 bits per heavy atom. The van der Waals surface area contributed by atoms with Crippen molar-refractivity contribution in [1.29, 1.82) is 0 Å². The van der Waals surface area contributed by atoms with E-state index in [1.54, 1.807) is 7.11 Å². The monoisotopic (exact) mass is 377 g/mol. The molecule has 0 amide bonds. The van der Waals surface area contributed by atoms with Gasteiger partial charge in [0, 0.05) is 15.2 Å². The average Bonchev–Trinajstić information content (AvgIpc) is 2.37. The lowest BCUT2D eigenvalue weighted by molar-refractivity contribution is -0.151. The molecule has 0 saturated carbocycles. The molecule has 0 spiro atoms. The van der Waals surface area contributed by atoms with Gasteiger partial charge in [-0.05, 0) is 61.1 Å². The molecule has 0 aliphatic rings. The van der Waals surface area contributed by atoms with Crippen molar-refractivity contribution in [2.75, 3.05) is 14.2 Å². The van der Waals surface area contributed by atoms with Gasteiger partial charge in [0.2, 0.25) is 0 Å². The van der Waals surface area contributed by atoms with Crippen LogP contribution >= 0.6 is 22.6 Å². The highest BCUT2D eigenvalue weighted by atomic mass is 127. The van der Waals surface area contributed by atoms with Crippen molar-refractivity contribution in [1.82, 2.24) is 0 Å². The minimum atomic E-state index is -0.625. The van der Waals surface area contributed by atoms with Crippen LogP contribution < -0.4 is 10.5 Å². The van der Waals surface area contributed by atoms with E-state index in [0.717, 1.165) is 14.9 Å². The molecular weight excluding hydrogens is 357 g/mol. The number of benzene rings is 1. The minimum Gasteiger partial charge on any atom is -0.496 e. The van der Waals surface area contributed by atoms with Gasteiger partial charge in [0.1, 0.15) is 5.75 Å². The Hall–Kier alpha value is -0.820. The first-order valence-electron chi connectivity index (χ1n) is 5.99. The Labute approximate surface area is 127 Å². The van der Waals surface area contributed by atoms with Crippen LogP contribution in [0.2, 0.25) is 0 Å². The van der Waals surface area contributed by atoms with E-state index in [2.05, 4.69) is 22.6 Å². The first kappa shape index (κ1) is 16.2. The molecule has 1 atom stereocenters. The number of hydrogen-bond acceptors (Lipinski definition) is 4. The van der Waals surface area contributed by atoms with Crippen LogP contribution in [0.3, 0.4) is 0 Å². The van der Waals surface area contributed by atoms with E-state index in [1.165, 1.54) is 7.11 Å². The summed E-state index contributed by atoms with van der Waals surface area (Å²) in [5.41, 5.74) is 6.51. The summed E-state index contributed by atoms with van der Waals surface area (Å²) in [6, 6.07) is 5.55. The molecule has 106 valence electrons. The Morgan fingerprint density at radius 1 is 1.42 bits per heavy atom. The van der Waals surface area contributed by atoms with Crippen LogP contribution in [0.1, 0.15) is 31.9 Å². The van der Waals surface area contributed by atoms with Gasteiger partial charge in [-0.25, -0.2) is 0 Å². The zero-order valence-corrected chi connectivity index (χ0v) is 13.9. The highest BCUT2D eigenvalue weighted by molar-refractivity contribution is 14.1. The molecule has 2 N–H and O–H groups in total. The van der Waals surface area contributed by atoms with E-state index < -0.39 is 5.41 Å². The van der Waals surface area contributed by atoms with E-state index in [1.807, 2.05) is 32.0 Å². The first-order valence-corrected chi connectivity index (χ1v) is 7.07. The maximum atomic E-state index is 11.7. The van der Waals surface area contributed by atoms with Crippen LogP contribution in [-0.2, 0) is 9.53 Å². The topological polar surface area (TPSA) is 61.5 Å². The smallest absolute Gasteiger partial charge is 0.311 e. The summed E-state index contributed by atoms with van der Waals surface area (Å²) in [7, 11) is 3.01. The SMILES string of the molecule is COC(=O)C(C)(C)CC(N)c1cc(I)ccc1OC. The van der Waals surface area contributed by atoms with Crippen LogP contribution in [0.4, 0.5) is 0 Å². The molecule has 0 heterocycles. The Morgan fingerprint density at radius 2 is 2.05 bits per heavy atom. The normalized spacial score (nSPS) is 12.9. The predicted octanol–water partition coefficient (Wildman–Crippen LogP) is 2.89. The third-order valence-corrected chi connectivity index (χ3v) is 3.73. The van der Waals surface area contributed by atoms with Gasteiger partial charge < -0.3 is 15.2 Å². The van der Waals surface area contributed by atoms with Crippen molar-refractivity contribution < 1.29 is 14.3 Å². The molecule has 0 fully saturated rings. The van der Waals surface area contributed by atoms with Crippen molar-refractivity contribution >= 4 is 28.6 Å². The number of methoxy groups -OCH3 is 2. The second-order valence-electron chi connectivity index (χ2n) is 5.07. The van der Waals surface area contributed by atoms with Gasteiger partial charge >= 0.3 is 5.97 Å². The average molecular weight is 377 g/mol. The van der Waals surface area contributed by atoms with E-state index in [0.29, 0.717) is 6.42 Å². The van der Waals surface area contributed by atoms with Crippen molar-refractivity contribution in [3.63, 3.8) is 0 Å². The van der Waals surface area contributed by atoms with E-state index in [-0.39, 0.29) is 12.0 Å². The first-order chi connectivity index (χ1) is 8.81. The number of esters is 1. The van der Waals surface area contributed by atoms with Gasteiger partial charge in [0.25, 0.3) is 0 Å². The fraction of sp³-hybridized carbons (Fsp3) is 0.500. The van der Waals surface area contributed by atoms with Crippen molar-refractivity contribution in [2.24, 2.45) is 11.1 Å². The largest absolute Gasteiger partial charge is 0.496 e. The fourth-order valence-electron chi connectivity index (χ4n) is 2.01. The fourth-order valence-corrected chi connectivity index (χ4v) is 2.53. The lowest BCUT2D eigenvalue weighted by atomic mass is 9.83. The molecular formula is C14H20INO3. The van der Waals surface area contributed by atoms with Crippen LogP contribution in [0, 0.1) is 8.99 Å². The lowest BCUT2D eigenvalue weighted by Gasteiger charge is -2.26. The quantitative estimate of drug-likeness (QED) is 0.633. The Kier molecular flexibility index (Phi) is 5.61. The van der Waals surface area contributed by atoms with Gasteiger partial charge in [0.15, 0.2) is 0 Å². The number of carbonyl (C=O) groups is 1. The molecule has 0 aliphatic heterocycles. The second-order valence-corrected chi connectivity index (χ2v) is 6.32. The standard InChI is InChI=1S/C14H20INO3/c1-14(2,13(17)19-4)8-11(16)10-7-9(15)5-6-12(10)18-3/h5-7,11H,8,16H2,1-4H3. The van der Waals surface area contributed by atoms with Gasteiger partial charge in [0.05, 0.1) is 19.6 Å². The molecule has 1 aromatic carbocycles.